The number of rotatable bonds is 5. The molecule has 1 rings (SSSR count). The minimum atomic E-state index is -2.22. The maximum atomic E-state index is 10.4. The second-order valence-corrected chi connectivity index (χ2v) is 5.27. The van der Waals surface area contributed by atoms with Crippen LogP contribution in [0.5, 0.6) is 0 Å². The highest BCUT2D eigenvalue weighted by molar-refractivity contribution is 7.72. The van der Waals surface area contributed by atoms with Crippen LogP contribution in [0.2, 0.25) is 0 Å². The first kappa shape index (κ1) is 12.9. The molecule has 1 N–H and O–H groups in total. The van der Waals surface area contributed by atoms with E-state index in [1.54, 1.807) is 0 Å². The molecule has 1 unspecified atom stereocenters. The maximum Gasteiger partial charge on any atom is 0.140 e. The summed E-state index contributed by atoms with van der Waals surface area (Å²) in [5, 5.41) is 9.30. The van der Waals surface area contributed by atoms with Crippen LogP contribution >= 0.6 is 0 Å². The molecule has 15 heavy (non-hydrogen) atoms. The van der Waals surface area contributed by atoms with Gasteiger partial charge in [-0.15, -0.1) is 0 Å². The summed E-state index contributed by atoms with van der Waals surface area (Å²) in [6.07, 6.45) is 2.20. The predicted octanol–water partition coefficient (Wildman–Crippen LogP) is -0.105. The molecule has 1 atom stereocenters. The molecule has 0 spiro atoms. The van der Waals surface area contributed by atoms with E-state index in [0.717, 1.165) is 38.9 Å². The van der Waals surface area contributed by atoms with Crippen molar-refractivity contribution >= 4 is 10.7 Å². The minimum absolute atomic E-state index is 0.285. The van der Waals surface area contributed by atoms with Gasteiger partial charge in [-0.2, -0.15) is 0 Å². The highest BCUT2D eigenvalue weighted by Crippen LogP contribution is 2.20. The number of hydrogen-bond acceptors (Lipinski definition) is 4. The standard InChI is InChI=1S/C10H20NO3S/c1-9(12)10-3-6-11(7-4-10)5-2-8-15(13)14/h9-10,12,15H,1-8H2. The van der Waals surface area contributed by atoms with Crippen LogP contribution in [0.3, 0.4) is 0 Å². The fraction of sp³-hybridized carbons (Fsp3) is 0.900. The van der Waals surface area contributed by atoms with E-state index in [1.807, 2.05) is 0 Å². The van der Waals surface area contributed by atoms with Crippen molar-refractivity contribution in [2.24, 2.45) is 5.92 Å². The second kappa shape index (κ2) is 6.45. The number of piperidine rings is 1. The zero-order valence-electron chi connectivity index (χ0n) is 8.97. The summed E-state index contributed by atoms with van der Waals surface area (Å²) >= 11 is 0. The summed E-state index contributed by atoms with van der Waals surface area (Å²) in [5.74, 6) is 0.602. The average molecular weight is 234 g/mol. The SMILES string of the molecule is [CH2]C(O)C1CCN(CCC[SH](=O)=O)CC1. The Balaban J connectivity index is 2.14. The molecule has 0 aromatic carbocycles. The summed E-state index contributed by atoms with van der Waals surface area (Å²) in [4.78, 5) is 2.26. The first-order chi connectivity index (χ1) is 7.09. The van der Waals surface area contributed by atoms with Crippen molar-refractivity contribution in [3.05, 3.63) is 6.92 Å². The number of nitrogens with zero attached hydrogens (tertiary/aromatic N) is 1. The van der Waals surface area contributed by atoms with E-state index in [-0.39, 0.29) is 5.75 Å². The third-order valence-corrected chi connectivity index (χ3v) is 3.67. The Morgan fingerprint density at radius 3 is 2.47 bits per heavy atom. The number of hydrogen-bond donors (Lipinski definition) is 2. The zero-order chi connectivity index (χ0) is 11.3. The van der Waals surface area contributed by atoms with Crippen LogP contribution in [-0.4, -0.2) is 49.9 Å². The normalized spacial score (nSPS) is 22.1. The monoisotopic (exact) mass is 234 g/mol. The lowest BCUT2D eigenvalue weighted by Gasteiger charge is -2.33. The molecule has 89 valence electrons. The van der Waals surface area contributed by atoms with Gasteiger partial charge >= 0.3 is 0 Å². The van der Waals surface area contributed by atoms with Gasteiger partial charge in [0, 0.05) is 5.75 Å². The van der Waals surface area contributed by atoms with Crippen LogP contribution in [0.25, 0.3) is 0 Å². The van der Waals surface area contributed by atoms with Crippen molar-refractivity contribution < 1.29 is 13.5 Å². The van der Waals surface area contributed by atoms with Crippen LogP contribution < -0.4 is 0 Å². The van der Waals surface area contributed by atoms with E-state index in [1.165, 1.54) is 0 Å². The highest BCUT2D eigenvalue weighted by Gasteiger charge is 2.21. The minimum Gasteiger partial charge on any atom is -0.393 e. The molecule has 0 amide bonds. The lowest BCUT2D eigenvalue weighted by atomic mass is 9.92. The molecule has 0 aromatic rings. The van der Waals surface area contributed by atoms with E-state index >= 15 is 0 Å². The fourth-order valence-corrected chi connectivity index (χ4v) is 2.38. The van der Waals surface area contributed by atoms with Crippen LogP contribution in [-0.2, 0) is 10.7 Å². The molecule has 1 aliphatic heterocycles. The molecule has 1 fully saturated rings. The zero-order valence-corrected chi connectivity index (χ0v) is 9.86. The number of thiol groups is 1. The van der Waals surface area contributed by atoms with Crippen LogP contribution in [0.4, 0.5) is 0 Å². The summed E-state index contributed by atoms with van der Waals surface area (Å²) in [6, 6.07) is 0. The third kappa shape index (κ3) is 4.95. The summed E-state index contributed by atoms with van der Waals surface area (Å²) < 4.78 is 20.7. The van der Waals surface area contributed by atoms with Crippen LogP contribution in [0.1, 0.15) is 19.3 Å². The van der Waals surface area contributed by atoms with Gasteiger partial charge in [-0.25, -0.2) is 8.42 Å². The average Bonchev–Trinajstić information content (AvgIpc) is 2.18. The van der Waals surface area contributed by atoms with E-state index < -0.39 is 16.8 Å². The Kier molecular flexibility index (Phi) is 5.56. The highest BCUT2D eigenvalue weighted by atomic mass is 32.2. The Morgan fingerprint density at radius 1 is 1.40 bits per heavy atom. The molecule has 0 aromatic heterocycles. The molecule has 1 aliphatic rings. The van der Waals surface area contributed by atoms with Crippen molar-refractivity contribution in [3.63, 3.8) is 0 Å². The first-order valence-electron chi connectivity index (χ1n) is 5.45. The Morgan fingerprint density at radius 2 is 2.00 bits per heavy atom. The van der Waals surface area contributed by atoms with Gasteiger partial charge in [-0.3, -0.25) is 0 Å². The predicted molar refractivity (Wildman–Crippen MR) is 60.3 cm³/mol. The summed E-state index contributed by atoms with van der Waals surface area (Å²) in [5.41, 5.74) is 0. The first-order valence-corrected chi connectivity index (χ1v) is 6.81. The van der Waals surface area contributed by atoms with E-state index in [4.69, 9.17) is 0 Å². The molecule has 0 bridgehead atoms. The molecule has 0 saturated carbocycles. The quantitative estimate of drug-likeness (QED) is 0.652. The van der Waals surface area contributed by atoms with Crippen molar-refractivity contribution in [1.82, 2.24) is 4.90 Å². The van der Waals surface area contributed by atoms with Gasteiger partial charge in [0.05, 0.1) is 6.10 Å². The lowest BCUT2D eigenvalue weighted by Crippen LogP contribution is -2.37. The molecular formula is C10H20NO3S. The summed E-state index contributed by atoms with van der Waals surface area (Å²) in [6.45, 7) is 6.38. The molecular weight excluding hydrogens is 214 g/mol. The molecule has 1 radical (unpaired) electrons. The molecule has 1 saturated heterocycles. The van der Waals surface area contributed by atoms with E-state index in [2.05, 4.69) is 11.8 Å². The Labute approximate surface area is 93.2 Å². The molecule has 5 heteroatoms. The molecule has 4 nitrogen and oxygen atoms in total. The molecule has 1 heterocycles. The van der Waals surface area contributed by atoms with Crippen molar-refractivity contribution in [2.75, 3.05) is 25.4 Å². The van der Waals surface area contributed by atoms with Crippen molar-refractivity contribution in [3.8, 4) is 0 Å². The van der Waals surface area contributed by atoms with Crippen molar-refractivity contribution in [2.45, 2.75) is 25.4 Å². The Bertz CT molecular complexity index is 237. The maximum absolute atomic E-state index is 10.4. The topological polar surface area (TPSA) is 57.6 Å². The van der Waals surface area contributed by atoms with Gasteiger partial charge in [-0.1, -0.05) is 0 Å². The fourth-order valence-electron chi connectivity index (χ4n) is 1.98. The van der Waals surface area contributed by atoms with Crippen LogP contribution in [0.15, 0.2) is 0 Å². The lowest BCUT2D eigenvalue weighted by molar-refractivity contribution is 0.0880. The van der Waals surface area contributed by atoms with Gasteiger partial charge in [0.1, 0.15) is 10.7 Å². The van der Waals surface area contributed by atoms with E-state index in [0.29, 0.717) is 5.92 Å². The van der Waals surface area contributed by atoms with Gasteiger partial charge < -0.3 is 10.0 Å². The number of aliphatic hydroxyl groups is 1. The smallest absolute Gasteiger partial charge is 0.140 e. The third-order valence-electron chi connectivity index (χ3n) is 2.99. The summed E-state index contributed by atoms with van der Waals surface area (Å²) in [7, 11) is -2.22. The number of likely N-dealkylation sites (tertiary alicyclic amines) is 1. The van der Waals surface area contributed by atoms with Gasteiger partial charge in [-0.05, 0) is 51.7 Å². The molecule has 0 aliphatic carbocycles. The van der Waals surface area contributed by atoms with Gasteiger partial charge in [0.2, 0.25) is 0 Å². The van der Waals surface area contributed by atoms with Gasteiger partial charge in [0.15, 0.2) is 0 Å². The van der Waals surface area contributed by atoms with Gasteiger partial charge in [0.25, 0.3) is 0 Å². The van der Waals surface area contributed by atoms with E-state index in [9.17, 15) is 13.5 Å². The van der Waals surface area contributed by atoms with Crippen LogP contribution in [0, 0.1) is 12.8 Å². The van der Waals surface area contributed by atoms with Crippen molar-refractivity contribution in [1.29, 1.82) is 0 Å². The Hall–Kier alpha value is -0.130. The second-order valence-electron chi connectivity index (χ2n) is 4.16. The largest absolute Gasteiger partial charge is 0.393 e. The number of aliphatic hydroxyl groups excluding tert-OH is 1.